The summed E-state index contributed by atoms with van der Waals surface area (Å²) in [4.78, 5) is 17.4. The highest BCUT2D eigenvalue weighted by Gasteiger charge is 2.33. The molecule has 0 aliphatic carbocycles. The van der Waals surface area contributed by atoms with Gasteiger partial charge in [-0.2, -0.15) is 9.30 Å². The number of carbonyl (C=O) groups excluding carboxylic acids is 1. The van der Waals surface area contributed by atoms with E-state index >= 15 is 0 Å². The first-order chi connectivity index (χ1) is 15.3. The van der Waals surface area contributed by atoms with E-state index in [2.05, 4.69) is 10.9 Å². The third kappa shape index (κ3) is 4.24. The van der Waals surface area contributed by atoms with Crippen LogP contribution in [0.2, 0.25) is 0 Å². The molecule has 0 N–H and O–H groups in total. The van der Waals surface area contributed by atoms with Crippen molar-refractivity contribution >= 4 is 37.5 Å². The van der Waals surface area contributed by atoms with Gasteiger partial charge >= 0.3 is 0 Å². The molecule has 6 nitrogen and oxygen atoms in total. The minimum absolute atomic E-state index is 0.0313. The molecule has 3 aromatic rings. The fourth-order valence-electron chi connectivity index (χ4n) is 3.71. The number of terminal acetylenes is 1. The topological polar surface area (TPSA) is 71.7 Å². The summed E-state index contributed by atoms with van der Waals surface area (Å²) >= 11 is 1.15. The van der Waals surface area contributed by atoms with E-state index in [1.165, 1.54) is 27.1 Å². The molecule has 1 amide bonds. The first kappa shape index (κ1) is 22.3. The monoisotopic (exact) mass is 475 g/mol. The van der Waals surface area contributed by atoms with Crippen molar-refractivity contribution in [3.63, 3.8) is 0 Å². The molecule has 10 heteroatoms. The molecule has 32 heavy (non-hydrogen) atoms. The van der Waals surface area contributed by atoms with Crippen LogP contribution in [-0.2, 0) is 21.4 Å². The Kier molecular flexibility index (Phi) is 6.24. The van der Waals surface area contributed by atoms with Crippen molar-refractivity contribution in [2.75, 3.05) is 13.1 Å². The number of halogens is 2. The molecule has 1 atom stereocenters. The number of thiazole rings is 1. The second kappa shape index (κ2) is 8.94. The van der Waals surface area contributed by atoms with Gasteiger partial charge < -0.3 is 4.57 Å². The Labute approximate surface area is 187 Å². The van der Waals surface area contributed by atoms with Gasteiger partial charge in [0.15, 0.2) is 4.80 Å². The molecule has 4 rings (SSSR count). The molecule has 0 spiro atoms. The van der Waals surface area contributed by atoms with Crippen molar-refractivity contribution in [1.82, 2.24) is 8.87 Å². The summed E-state index contributed by atoms with van der Waals surface area (Å²) in [6.45, 7) is 0.272. The summed E-state index contributed by atoms with van der Waals surface area (Å²) in [6, 6.07) is 9.17. The fourth-order valence-corrected chi connectivity index (χ4v) is 6.29. The van der Waals surface area contributed by atoms with E-state index in [1.54, 1.807) is 12.1 Å². The van der Waals surface area contributed by atoms with Gasteiger partial charge in [0.05, 0.1) is 27.6 Å². The number of hydrogen-bond acceptors (Lipinski definition) is 4. The summed E-state index contributed by atoms with van der Waals surface area (Å²) in [5.74, 6) is 0.326. The summed E-state index contributed by atoms with van der Waals surface area (Å²) < 4.78 is 56.7. The van der Waals surface area contributed by atoms with Crippen molar-refractivity contribution in [2.45, 2.75) is 24.3 Å². The number of para-hydroxylation sites is 1. The number of piperidine rings is 1. The lowest BCUT2D eigenvalue weighted by Crippen LogP contribution is -2.42. The number of hydrogen-bond donors (Lipinski definition) is 0. The Bertz CT molecular complexity index is 1390. The highest BCUT2D eigenvalue weighted by Crippen LogP contribution is 2.25. The average Bonchev–Trinajstić information content (AvgIpc) is 3.12. The smallest absolute Gasteiger partial charge is 0.252 e. The number of nitrogens with zero attached hydrogens (tertiary/aromatic N) is 3. The van der Waals surface area contributed by atoms with Crippen LogP contribution in [0, 0.1) is 29.9 Å². The minimum atomic E-state index is -3.87. The van der Waals surface area contributed by atoms with Gasteiger partial charge in [0.1, 0.15) is 11.6 Å². The summed E-state index contributed by atoms with van der Waals surface area (Å²) in [5, 5.41) is 0. The van der Waals surface area contributed by atoms with Crippen LogP contribution in [0.5, 0.6) is 0 Å². The lowest BCUT2D eigenvalue weighted by Gasteiger charge is -2.30. The zero-order chi connectivity index (χ0) is 22.9. The summed E-state index contributed by atoms with van der Waals surface area (Å²) in [7, 11) is -3.87. The maximum absolute atomic E-state index is 14.3. The molecular formula is C22H19F2N3O3S2. The number of aromatic nitrogens is 1. The van der Waals surface area contributed by atoms with Crippen molar-refractivity contribution in [3.05, 3.63) is 58.9 Å². The first-order valence-corrected chi connectivity index (χ1v) is 12.1. The molecule has 1 aromatic heterocycles. The molecule has 1 aliphatic rings. The highest BCUT2D eigenvalue weighted by atomic mass is 32.2. The second-order valence-electron chi connectivity index (χ2n) is 7.37. The lowest BCUT2D eigenvalue weighted by atomic mass is 9.99. The normalized spacial score (nSPS) is 18.0. The van der Waals surface area contributed by atoms with Crippen molar-refractivity contribution in [1.29, 1.82) is 0 Å². The molecule has 166 valence electrons. The van der Waals surface area contributed by atoms with Crippen molar-refractivity contribution in [2.24, 2.45) is 10.9 Å². The standard InChI is InChI=1S/C22H19F2N3O3S2/c1-2-12-27-20-18(24)6-3-7-19(20)31-22(27)25-21(28)15-5-4-13-26(14-15)32(29,30)17-10-8-16(23)9-11-17/h1,3,6-11,15H,4-5,12-14H2. The van der Waals surface area contributed by atoms with Gasteiger partial charge in [-0.25, -0.2) is 17.2 Å². The van der Waals surface area contributed by atoms with Crippen LogP contribution in [0.15, 0.2) is 52.4 Å². The van der Waals surface area contributed by atoms with Crippen molar-refractivity contribution in [3.8, 4) is 12.3 Å². The molecule has 0 saturated carbocycles. The van der Waals surface area contributed by atoms with Crippen LogP contribution in [0.4, 0.5) is 8.78 Å². The molecular weight excluding hydrogens is 456 g/mol. The molecule has 1 fully saturated rings. The fraction of sp³-hybridized carbons (Fsp3) is 0.273. The second-order valence-corrected chi connectivity index (χ2v) is 10.3. The van der Waals surface area contributed by atoms with Gasteiger partial charge in [-0.3, -0.25) is 4.79 Å². The van der Waals surface area contributed by atoms with E-state index in [0.29, 0.717) is 17.5 Å². The number of amides is 1. The number of sulfonamides is 1. The largest absolute Gasteiger partial charge is 0.302 e. The maximum Gasteiger partial charge on any atom is 0.252 e. The Balaban J connectivity index is 1.64. The lowest BCUT2D eigenvalue weighted by molar-refractivity contribution is -0.122. The van der Waals surface area contributed by atoms with Gasteiger partial charge in [0.2, 0.25) is 10.0 Å². The van der Waals surface area contributed by atoms with E-state index < -0.39 is 33.5 Å². The Morgan fingerprint density at radius 1 is 1.22 bits per heavy atom. The van der Waals surface area contributed by atoms with Crippen LogP contribution in [0.1, 0.15) is 12.8 Å². The Hall–Kier alpha value is -2.87. The molecule has 1 unspecified atom stereocenters. The van der Waals surface area contributed by atoms with Gasteiger partial charge in [-0.15, -0.1) is 6.42 Å². The number of carbonyl (C=O) groups is 1. The predicted octanol–water partition coefficient (Wildman–Crippen LogP) is 3.14. The SMILES string of the molecule is C#CCn1c(=NC(=O)C2CCCN(S(=O)(=O)c3ccc(F)cc3)C2)sc2cccc(F)c21. The molecule has 2 aromatic carbocycles. The molecule has 1 aliphatic heterocycles. The first-order valence-electron chi connectivity index (χ1n) is 9.87. The number of fused-ring (bicyclic) bond motifs is 1. The third-order valence-electron chi connectivity index (χ3n) is 5.29. The van der Waals surface area contributed by atoms with Crippen LogP contribution < -0.4 is 4.80 Å². The molecule has 0 bridgehead atoms. The van der Waals surface area contributed by atoms with E-state index in [1.807, 2.05) is 0 Å². The Morgan fingerprint density at radius 3 is 2.69 bits per heavy atom. The van der Waals surface area contributed by atoms with E-state index in [0.717, 1.165) is 23.5 Å². The minimum Gasteiger partial charge on any atom is -0.302 e. The van der Waals surface area contributed by atoms with E-state index in [9.17, 15) is 22.0 Å². The van der Waals surface area contributed by atoms with Crippen LogP contribution in [0.25, 0.3) is 10.2 Å². The number of rotatable bonds is 4. The van der Waals surface area contributed by atoms with Gasteiger partial charge in [0.25, 0.3) is 5.91 Å². The Morgan fingerprint density at radius 2 is 1.97 bits per heavy atom. The zero-order valence-electron chi connectivity index (χ0n) is 16.9. The summed E-state index contributed by atoms with van der Waals surface area (Å²) in [5.41, 5.74) is 0.283. The van der Waals surface area contributed by atoms with Gasteiger partial charge in [0, 0.05) is 13.1 Å². The highest BCUT2D eigenvalue weighted by molar-refractivity contribution is 7.89. The van der Waals surface area contributed by atoms with E-state index in [4.69, 9.17) is 6.42 Å². The number of benzene rings is 2. The summed E-state index contributed by atoms with van der Waals surface area (Å²) in [6.07, 6.45) is 6.38. The maximum atomic E-state index is 14.3. The van der Waals surface area contributed by atoms with Gasteiger partial charge in [-0.1, -0.05) is 23.3 Å². The average molecular weight is 476 g/mol. The third-order valence-corrected chi connectivity index (χ3v) is 8.21. The predicted molar refractivity (Wildman–Crippen MR) is 117 cm³/mol. The quantitative estimate of drug-likeness (QED) is 0.545. The molecule has 0 radical (unpaired) electrons. The molecule has 1 saturated heterocycles. The zero-order valence-corrected chi connectivity index (χ0v) is 18.5. The van der Waals surface area contributed by atoms with Gasteiger partial charge in [-0.05, 0) is 49.2 Å². The van der Waals surface area contributed by atoms with Crippen LogP contribution in [0.3, 0.4) is 0 Å². The van der Waals surface area contributed by atoms with Crippen LogP contribution in [-0.4, -0.2) is 36.3 Å². The van der Waals surface area contributed by atoms with Crippen LogP contribution >= 0.6 is 11.3 Å². The van der Waals surface area contributed by atoms with E-state index in [-0.39, 0.29) is 34.8 Å². The van der Waals surface area contributed by atoms with Crippen molar-refractivity contribution < 1.29 is 22.0 Å². The molecule has 2 heterocycles.